The van der Waals surface area contributed by atoms with E-state index in [-0.39, 0.29) is 5.09 Å². The summed E-state index contributed by atoms with van der Waals surface area (Å²) < 4.78 is 30.4. The second kappa shape index (κ2) is 7.42. The molecule has 0 aromatic carbocycles. The van der Waals surface area contributed by atoms with Gasteiger partial charge in [0.25, 0.3) is 10.0 Å². The second-order valence-electron chi connectivity index (χ2n) is 5.98. The van der Waals surface area contributed by atoms with Crippen molar-refractivity contribution in [3.63, 3.8) is 0 Å². The van der Waals surface area contributed by atoms with E-state index in [9.17, 15) is 8.42 Å². The van der Waals surface area contributed by atoms with Gasteiger partial charge in [-0.15, -0.1) is 0 Å². The van der Waals surface area contributed by atoms with Gasteiger partial charge in [-0.2, -0.15) is 0 Å². The van der Waals surface area contributed by atoms with Crippen LogP contribution < -0.4 is 5.32 Å². The maximum Gasteiger partial charge on any atom is 0.275 e. The van der Waals surface area contributed by atoms with Crippen LogP contribution in [0.4, 0.5) is 0 Å². The molecular formula is C15H26N2O3S. The Labute approximate surface area is 127 Å². The Morgan fingerprint density at radius 2 is 1.95 bits per heavy atom. The Bertz CT molecular complexity index is 531. The van der Waals surface area contributed by atoms with Crippen LogP contribution in [0.25, 0.3) is 0 Å². The lowest BCUT2D eigenvalue weighted by Gasteiger charge is -2.21. The average molecular weight is 314 g/mol. The Balaban J connectivity index is 1.75. The van der Waals surface area contributed by atoms with Crippen molar-refractivity contribution in [3.05, 3.63) is 17.9 Å². The highest BCUT2D eigenvalue weighted by Crippen LogP contribution is 2.25. The van der Waals surface area contributed by atoms with Gasteiger partial charge in [-0.25, -0.2) is 12.7 Å². The quantitative estimate of drug-likeness (QED) is 0.786. The summed E-state index contributed by atoms with van der Waals surface area (Å²) in [5.41, 5.74) is 0. The molecule has 0 unspecified atom stereocenters. The van der Waals surface area contributed by atoms with Crippen molar-refractivity contribution in [3.8, 4) is 0 Å². The first-order valence-electron chi connectivity index (χ1n) is 7.72. The van der Waals surface area contributed by atoms with Crippen molar-refractivity contribution in [1.82, 2.24) is 9.62 Å². The standard InChI is InChI=1S/C15H26N2O3S/c1-17(2)21(18,19)15-9-8-14(20-15)12-16-11-10-13-6-4-3-5-7-13/h8-9,13,16H,3-7,10-12H2,1-2H3. The van der Waals surface area contributed by atoms with Gasteiger partial charge in [0.05, 0.1) is 6.54 Å². The van der Waals surface area contributed by atoms with E-state index in [1.54, 1.807) is 6.07 Å². The summed E-state index contributed by atoms with van der Waals surface area (Å²) in [6.07, 6.45) is 8.04. The highest BCUT2D eigenvalue weighted by atomic mass is 32.2. The molecule has 1 fully saturated rings. The third-order valence-corrected chi connectivity index (χ3v) is 5.81. The summed E-state index contributed by atoms with van der Waals surface area (Å²) in [4.78, 5) is 0. The summed E-state index contributed by atoms with van der Waals surface area (Å²) in [6, 6.07) is 3.25. The van der Waals surface area contributed by atoms with E-state index < -0.39 is 10.0 Å². The zero-order valence-electron chi connectivity index (χ0n) is 13.0. The molecule has 0 saturated heterocycles. The van der Waals surface area contributed by atoms with Gasteiger partial charge in [0, 0.05) is 14.1 Å². The van der Waals surface area contributed by atoms with Gasteiger partial charge in [0.1, 0.15) is 5.76 Å². The van der Waals surface area contributed by atoms with Crippen molar-refractivity contribution < 1.29 is 12.8 Å². The molecule has 1 heterocycles. The first-order chi connectivity index (χ1) is 10.00. The third kappa shape index (κ3) is 4.56. The van der Waals surface area contributed by atoms with Crippen LogP contribution in [0.2, 0.25) is 0 Å². The number of sulfonamides is 1. The van der Waals surface area contributed by atoms with Gasteiger partial charge >= 0.3 is 0 Å². The van der Waals surface area contributed by atoms with E-state index in [0.717, 1.165) is 16.8 Å². The molecule has 1 aromatic rings. The van der Waals surface area contributed by atoms with Gasteiger partial charge in [-0.3, -0.25) is 0 Å². The number of hydrogen-bond acceptors (Lipinski definition) is 4. The molecule has 1 aliphatic rings. The van der Waals surface area contributed by atoms with Gasteiger partial charge < -0.3 is 9.73 Å². The summed E-state index contributed by atoms with van der Waals surface area (Å²) in [6.45, 7) is 1.54. The smallest absolute Gasteiger partial charge is 0.275 e. The molecule has 0 aliphatic heterocycles. The molecule has 5 nitrogen and oxygen atoms in total. The fourth-order valence-electron chi connectivity index (χ4n) is 2.77. The molecule has 1 aromatic heterocycles. The highest BCUT2D eigenvalue weighted by Gasteiger charge is 2.21. The predicted molar refractivity (Wildman–Crippen MR) is 82.5 cm³/mol. The van der Waals surface area contributed by atoms with Crippen molar-refractivity contribution in [2.75, 3.05) is 20.6 Å². The van der Waals surface area contributed by atoms with Crippen LogP contribution in [0.5, 0.6) is 0 Å². The van der Waals surface area contributed by atoms with Crippen molar-refractivity contribution in [2.45, 2.75) is 50.2 Å². The molecule has 1 N–H and O–H groups in total. The van der Waals surface area contributed by atoms with Gasteiger partial charge in [0.15, 0.2) is 0 Å². The molecule has 1 saturated carbocycles. The van der Waals surface area contributed by atoms with Crippen molar-refractivity contribution in [1.29, 1.82) is 0 Å². The van der Waals surface area contributed by atoms with Crippen LogP contribution in [0.3, 0.4) is 0 Å². The minimum absolute atomic E-state index is 0.0107. The largest absolute Gasteiger partial charge is 0.447 e. The van der Waals surface area contributed by atoms with E-state index in [2.05, 4.69) is 5.32 Å². The fourth-order valence-corrected chi connectivity index (χ4v) is 3.58. The van der Waals surface area contributed by atoms with Crippen LogP contribution in [-0.2, 0) is 16.6 Å². The monoisotopic (exact) mass is 314 g/mol. The maximum absolute atomic E-state index is 11.9. The fraction of sp³-hybridized carbons (Fsp3) is 0.733. The van der Waals surface area contributed by atoms with E-state index >= 15 is 0 Å². The van der Waals surface area contributed by atoms with E-state index in [1.165, 1.54) is 58.7 Å². The van der Waals surface area contributed by atoms with Crippen LogP contribution in [0, 0.1) is 5.92 Å². The van der Waals surface area contributed by atoms with Gasteiger partial charge in [-0.05, 0) is 31.0 Å². The second-order valence-corrected chi connectivity index (χ2v) is 8.06. The first kappa shape index (κ1) is 16.5. The molecule has 120 valence electrons. The average Bonchev–Trinajstić information content (AvgIpc) is 2.94. The zero-order valence-corrected chi connectivity index (χ0v) is 13.8. The molecule has 0 amide bonds. The van der Waals surface area contributed by atoms with E-state index in [1.807, 2.05) is 0 Å². The molecule has 0 bridgehead atoms. The van der Waals surface area contributed by atoms with Crippen LogP contribution in [0.1, 0.15) is 44.3 Å². The van der Waals surface area contributed by atoms with Crippen LogP contribution in [0.15, 0.2) is 21.6 Å². The first-order valence-corrected chi connectivity index (χ1v) is 9.16. The molecule has 1 aliphatic carbocycles. The van der Waals surface area contributed by atoms with Crippen LogP contribution in [-0.4, -0.2) is 33.4 Å². The van der Waals surface area contributed by atoms with Crippen molar-refractivity contribution in [2.24, 2.45) is 5.92 Å². The Kier molecular flexibility index (Phi) is 5.84. The summed E-state index contributed by atoms with van der Waals surface area (Å²) in [5.74, 6) is 1.52. The highest BCUT2D eigenvalue weighted by molar-refractivity contribution is 7.88. The Morgan fingerprint density at radius 1 is 1.24 bits per heavy atom. The summed E-state index contributed by atoms with van der Waals surface area (Å²) in [7, 11) is -0.465. The maximum atomic E-state index is 11.9. The lowest BCUT2D eigenvalue weighted by atomic mass is 9.87. The lowest BCUT2D eigenvalue weighted by Crippen LogP contribution is -2.21. The number of hydrogen-bond donors (Lipinski definition) is 1. The Hall–Kier alpha value is -0.850. The molecule has 21 heavy (non-hydrogen) atoms. The molecule has 0 radical (unpaired) electrons. The normalized spacial score (nSPS) is 17.5. The number of nitrogens with one attached hydrogen (secondary N) is 1. The van der Waals surface area contributed by atoms with Gasteiger partial charge in [0.2, 0.25) is 5.09 Å². The number of furan rings is 1. The third-order valence-electron chi connectivity index (χ3n) is 4.13. The molecule has 0 atom stereocenters. The predicted octanol–water partition coefficient (Wildman–Crippen LogP) is 2.59. The molecule has 0 spiro atoms. The SMILES string of the molecule is CN(C)S(=O)(=O)c1ccc(CNCCC2CCCCC2)o1. The van der Waals surface area contributed by atoms with Crippen molar-refractivity contribution >= 4 is 10.0 Å². The zero-order chi connectivity index (χ0) is 15.3. The topological polar surface area (TPSA) is 62.6 Å². The molecule has 6 heteroatoms. The summed E-state index contributed by atoms with van der Waals surface area (Å²) in [5, 5.41) is 3.35. The minimum atomic E-state index is -3.46. The summed E-state index contributed by atoms with van der Waals surface area (Å²) >= 11 is 0. The van der Waals surface area contributed by atoms with E-state index in [4.69, 9.17) is 4.42 Å². The minimum Gasteiger partial charge on any atom is -0.447 e. The van der Waals surface area contributed by atoms with Gasteiger partial charge in [-0.1, -0.05) is 32.1 Å². The molecule has 2 rings (SSSR count). The Morgan fingerprint density at radius 3 is 2.62 bits per heavy atom. The van der Waals surface area contributed by atoms with E-state index in [0.29, 0.717) is 12.3 Å². The lowest BCUT2D eigenvalue weighted by molar-refractivity contribution is 0.329. The number of nitrogens with zero attached hydrogens (tertiary/aromatic N) is 1. The number of rotatable bonds is 7. The van der Waals surface area contributed by atoms with Crippen LogP contribution >= 0.6 is 0 Å². The molecular weight excluding hydrogens is 288 g/mol.